The molecule has 1 aliphatic heterocycles. The predicted molar refractivity (Wildman–Crippen MR) is 147 cm³/mol. The van der Waals surface area contributed by atoms with Crippen molar-refractivity contribution < 1.29 is 19.1 Å². The number of amides is 3. The number of hydrogen-bond acceptors (Lipinski definition) is 5. The predicted octanol–water partition coefficient (Wildman–Crippen LogP) is 5.33. The molecule has 37 heavy (non-hydrogen) atoms. The van der Waals surface area contributed by atoms with Gasteiger partial charge < -0.3 is 10.1 Å². The molecule has 12 heteroatoms. The van der Waals surface area contributed by atoms with Gasteiger partial charge in [0, 0.05) is 26.3 Å². The van der Waals surface area contributed by atoms with Crippen LogP contribution >= 0.6 is 47.0 Å². The van der Waals surface area contributed by atoms with Crippen LogP contribution in [-0.4, -0.2) is 41.0 Å². The Balaban J connectivity index is 1.60. The molecule has 1 atom stereocenters. The van der Waals surface area contributed by atoms with E-state index < -0.39 is 23.8 Å². The summed E-state index contributed by atoms with van der Waals surface area (Å²) in [7, 11) is 1.52. The van der Waals surface area contributed by atoms with Crippen molar-refractivity contribution >= 4 is 81.2 Å². The van der Waals surface area contributed by atoms with Crippen LogP contribution < -0.4 is 20.4 Å². The second kappa shape index (κ2) is 11.4. The van der Waals surface area contributed by atoms with Gasteiger partial charge in [-0.25, -0.2) is 5.01 Å². The Morgan fingerprint density at radius 3 is 2.16 bits per heavy atom. The fourth-order valence-corrected chi connectivity index (χ4v) is 4.68. The minimum Gasteiger partial charge on any atom is -0.497 e. The minimum atomic E-state index is -1.12. The van der Waals surface area contributed by atoms with Crippen LogP contribution in [0, 0.1) is 0 Å². The van der Waals surface area contributed by atoms with Gasteiger partial charge >= 0.3 is 0 Å². The van der Waals surface area contributed by atoms with E-state index in [1.807, 2.05) is 0 Å². The first-order valence-electron chi connectivity index (χ1n) is 10.8. The van der Waals surface area contributed by atoms with Crippen molar-refractivity contribution in [2.45, 2.75) is 12.5 Å². The van der Waals surface area contributed by atoms with Crippen LogP contribution in [0.15, 0.2) is 66.7 Å². The highest BCUT2D eigenvalue weighted by Crippen LogP contribution is 2.29. The molecule has 0 aromatic heterocycles. The number of nitrogens with one attached hydrogen (secondary N) is 2. The third-order valence-electron chi connectivity index (χ3n) is 5.40. The van der Waals surface area contributed by atoms with Gasteiger partial charge in [0.1, 0.15) is 11.8 Å². The monoisotopic (exact) mass is 576 g/mol. The average molecular weight is 578 g/mol. The molecule has 0 spiro atoms. The molecule has 2 N–H and O–H groups in total. The van der Waals surface area contributed by atoms with E-state index in [1.54, 1.807) is 36.4 Å². The molecular weight excluding hydrogens is 559 g/mol. The molecule has 1 fully saturated rings. The quantitative estimate of drug-likeness (QED) is 0.369. The van der Waals surface area contributed by atoms with E-state index in [0.717, 1.165) is 0 Å². The lowest BCUT2D eigenvalue weighted by atomic mass is 10.1. The summed E-state index contributed by atoms with van der Waals surface area (Å²) in [6.07, 6.45) is -0.323. The molecule has 0 aliphatic carbocycles. The molecule has 3 aromatic rings. The van der Waals surface area contributed by atoms with Crippen molar-refractivity contribution in [2.75, 3.05) is 17.3 Å². The summed E-state index contributed by atoms with van der Waals surface area (Å²) in [5.74, 6) is -0.951. The van der Waals surface area contributed by atoms with Crippen molar-refractivity contribution in [3.8, 4) is 5.75 Å². The van der Waals surface area contributed by atoms with Crippen molar-refractivity contribution in [2.24, 2.45) is 0 Å². The Bertz CT molecular complexity index is 1350. The summed E-state index contributed by atoms with van der Waals surface area (Å²) < 4.78 is 5.18. The zero-order valence-corrected chi connectivity index (χ0v) is 22.3. The lowest BCUT2D eigenvalue weighted by Crippen LogP contribution is -2.49. The first-order chi connectivity index (χ1) is 17.7. The second-order valence-corrected chi connectivity index (χ2v) is 9.57. The fourth-order valence-electron chi connectivity index (χ4n) is 3.66. The lowest BCUT2D eigenvalue weighted by Gasteiger charge is -2.24. The van der Waals surface area contributed by atoms with Gasteiger partial charge in [0.05, 0.1) is 19.2 Å². The topological polar surface area (TPSA) is 91.0 Å². The number of methoxy groups -OCH3 is 1. The van der Waals surface area contributed by atoms with Crippen LogP contribution in [0.4, 0.5) is 11.4 Å². The molecule has 0 saturated carbocycles. The molecule has 0 radical (unpaired) electrons. The van der Waals surface area contributed by atoms with E-state index in [1.165, 1.54) is 47.4 Å². The number of thiocarbonyl (C=S) groups is 1. The Morgan fingerprint density at radius 1 is 0.946 bits per heavy atom. The third kappa shape index (κ3) is 6.14. The van der Waals surface area contributed by atoms with Crippen LogP contribution in [0.3, 0.4) is 0 Å². The number of anilines is 2. The Kier molecular flexibility index (Phi) is 8.19. The normalized spacial score (nSPS) is 15.1. The van der Waals surface area contributed by atoms with E-state index >= 15 is 0 Å². The molecule has 3 aromatic carbocycles. The van der Waals surface area contributed by atoms with Gasteiger partial charge in [-0.15, -0.1) is 0 Å². The van der Waals surface area contributed by atoms with E-state index in [-0.39, 0.29) is 11.5 Å². The van der Waals surface area contributed by atoms with Gasteiger partial charge in [-0.1, -0.05) is 34.8 Å². The van der Waals surface area contributed by atoms with Crippen LogP contribution in [0.2, 0.25) is 15.1 Å². The van der Waals surface area contributed by atoms with E-state index in [0.29, 0.717) is 37.8 Å². The van der Waals surface area contributed by atoms with Gasteiger partial charge in [0.2, 0.25) is 11.0 Å². The molecule has 1 unspecified atom stereocenters. The summed E-state index contributed by atoms with van der Waals surface area (Å²) in [6, 6.07) is 16.3. The Labute approximate surface area is 233 Å². The Hall–Kier alpha value is -3.37. The molecular formula is C25H19Cl3N4O4S. The molecule has 3 amide bonds. The van der Waals surface area contributed by atoms with Crippen LogP contribution in [-0.2, 0) is 9.59 Å². The Morgan fingerprint density at radius 2 is 1.57 bits per heavy atom. The maximum atomic E-state index is 13.5. The summed E-state index contributed by atoms with van der Waals surface area (Å²) in [5.41, 5.74) is 3.76. The number of carbonyl (C=O) groups is 3. The standard InChI is InChI=1S/C25H19Cl3N4O4S/c1-36-20-8-6-19(7-9-20)31-24(35)21(13-22(33)29-18-11-16(27)10-17(28)12-18)32(25(31)37)30-23(34)14-2-4-15(26)5-3-14/h2-12,21H,13H2,1H3,(H,29,33)(H,30,34). The fraction of sp³-hybridized carbons (Fsp3) is 0.120. The number of carbonyl (C=O) groups excluding carboxylic acids is 3. The van der Waals surface area contributed by atoms with Gasteiger partial charge in [-0.3, -0.25) is 24.7 Å². The lowest BCUT2D eigenvalue weighted by molar-refractivity contribution is -0.124. The second-order valence-electron chi connectivity index (χ2n) is 7.90. The molecule has 8 nitrogen and oxygen atoms in total. The summed E-state index contributed by atoms with van der Waals surface area (Å²) in [4.78, 5) is 40.7. The number of hydrogen-bond donors (Lipinski definition) is 2. The molecule has 4 rings (SSSR count). The number of hydrazine groups is 1. The van der Waals surface area contributed by atoms with Gasteiger partial charge in [0.25, 0.3) is 11.8 Å². The highest BCUT2D eigenvalue weighted by atomic mass is 35.5. The molecule has 1 aliphatic rings. The number of halogens is 3. The average Bonchev–Trinajstić information content (AvgIpc) is 3.07. The van der Waals surface area contributed by atoms with Gasteiger partial charge in [-0.05, 0) is 78.9 Å². The number of rotatable bonds is 7. The molecule has 1 saturated heterocycles. The van der Waals surface area contributed by atoms with E-state index in [9.17, 15) is 14.4 Å². The SMILES string of the molecule is COc1ccc(N2C(=O)C(CC(=O)Nc3cc(Cl)cc(Cl)c3)N(NC(=O)c3ccc(Cl)cc3)C2=S)cc1. The van der Waals surface area contributed by atoms with Crippen molar-refractivity contribution in [1.29, 1.82) is 0 Å². The summed E-state index contributed by atoms with van der Waals surface area (Å²) in [6.45, 7) is 0. The zero-order chi connectivity index (χ0) is 26.7. The molecule has 0 bridgehead atoms. The van der Waals surface area contributed by atoms with E-state index in [4.69, 9.17) is 51.8 Å². The highest BCUT2D eigenvalue weighted by molar-refractivity contribution is 7.80. The number of ether oxygens (including phenoxy) is 1. The zero-order valence-electron chi connectivity index (χ0n) is 19.2. The third-order valence-corrected chi connectivity index (χ3v) is 6.47. The smallest absolute Gasteiger partial charge is 0.269 e. The number of benzene rings is 3. The minimum absolute atomic E-state index is 0.00100. The van der Waals surface area contributed by atoms with Crippen molar-refractivity contribution in [1.82, 2.24) is 10.4 Å². The first kappa shape index (κ1) is 26.7. The summed E-state index contributed by atoms with van der Waals surface area (Å²) >= 11 is 23.5. The van der Waals surface area contributed by atoms with Gasteiger partial charge in [-0.2, -0.15) is 0 Å². The maximum absolute atomic E-state index is 13.5. The first-order valence-corrected chi connectivity index (χ1v) is 12.3. The maximum Gasteiger partial charge on any atom is 0.269 e. The van der Waals surface area contributed by atoms with Crippen molar-refractivity contribution in [3.63, 3.8) is 0 Å². The van der Waals surface area contributed by atoms with E-state index in [2.05, 4.69) is 10.7 Å². The number of nitrogens with zero attached hydrogens (tertiary/aromatic N) is 2. The summed E-state index contributed by atoms with van der Waals surface area (Å²) in [5, 5.41) is 5.02. The van der Waals surface area contributed by atoms with Crippen LogP contribution in [0.5, 0.6) is 5.75 Å². The molecule has 1 heterocycles. The highest BCUT2D eigenvalue weighted by Gasteiger charge is 2.45. The largest absolute Gasteiger partial charge is 0.497 e. The molecule has 190 valence electrons. The van der Waals surface area contributed by atoms with Crippen molar-refractivity contribution in [3.05, 3.63) is 87.4 Å². The van der Waals surface area contributed by atoms with Crippen LogP contribution in [0.1, 0.15) is 16.8 Å². The van der Waals surface area contributed by atoms with Crippen LogP contribution in [0.25, 0.3) is 0 Å². The van der Waals surface area contributed by atoms with Gasteiger partial charge in [0.15, 0.2) is 0 Å².